The van der Waals surface area contributed by atoms with Gasteiger partial charge in [-0.2, -0.15) is 0 Å². The van der Waals surface area contributed by atoms with Crippen molar-refractivity contribution in [2.24, 2.45) is 0 Å². The molecule has 2 rings (SSSR count). The third kappa shape index (κ3) is 2.06. The molecule has 0 saturated heterocycles. The maximum absolute atomic E-state index is 13.4. The molecule has 2 aromatic rings. The highest BCUT2D eigenvalue weighted by atomic mass is 19.2. The molecule has 0 amide bonds. The number of Topliss-reactive ketones (excluding diaryl/α,β-unsaturated/α-hetero) is 1. The molecule has 0 aliphatic rings. The summed E-state index contributed by atoms with van der Waals surface area (Å²) in [6, 6.07) is 2.44. The number of fused-ring (bicyclic) bond motifs is 1. The predicted molar refractivity (Wildman–Crippen MR) is 61.1 cm³/mol. The van der Waals surface area contributed by atoms with E-state index in [0.29, 0.717) is 10.9 Å². The predicted octanol–water partition coefficient (Wildman–Crippen LogP) is 2.19. The quantitative estimate of drug-likeness (QED) is 0.832. The zero-order valence-electron chi connectivity index (χ0n) is 9.55. The van der Waals surface area contributed by atoms with Crippen LogP contribution in [0, 0.1) is 11.6 Å². The number of aromatic amines is 1. The van der Waals surface area contributed by atoms with E-state index in [0.717, 1.165) is 6.07 Å². The average molecular weight is 238 g/mol. The van der Waals surface area contributed by atoms with Crippen LogP contribution in [0.15, 0.2) is 18.3 Å². The Morgan fingerprint density at radius 2 is 2.06 bits per heavy atom. The van der Waals surface area contributed by atoms with Crippen molar-refractivity contribution in [3.63, 3.8) is 0 Å². The van der Waals surface area contributed by atoms with E-state index in [-0.39, 0.29) is 17.8 Å². The number of carbonyl (C=O) groups is 1. The van der Waals surface area contributed by atoms with Crippen LogP contribution in [-0.4, -0.2) is 36.3 Å². The molecule has 1 aromatic carbocycles. The number of halogens is 2. The number of hydrogen-bond donors (Lipinski definition) is 1. The summed E-state index contributed by atoms with van der Waals surface area (Å²) in [6.07, 6.45) is 1.42. The van der Waals surface area contributed by atoms with Crippen LogP contribution in [0.5, 0.6) is 0 Å². The van der Waals surface area contributed by atoms with E-state index in [9.17, 15) is 13.6 Å². The van der Waals surface area contributed by atoms with Crippen molar-refractivity contribution in [1.82, 2.24) is 9.88 Å². The molecule has 0 fully saturated rings. The van der Waals surface area contributed by atoms with Gasteiger partial charge in [0.2, 0.25) is 0 Å². The highest BCUT2D eigenvalue weighted by Gasteiger charge is 2.16. The molecule has 0 bridgehead atoms. The fraction of sp³-hybridized carbons (Fsp3) is 0.250. The van der Waals surface area contributed by atoms with Gasteiger partial charge in [-0.15, -0.1) is 0 Å². The second-order valence-corrected chi connectivity index (χ2v) is 4.15. The first-order chi connectivity index (χ1) is 8.00. The third-order valence-electron chi connectivity index (χ3n) is 2.51. The van der Waals surface area contributed by atoms with Crippen molar-refractivity contribution in [2.45, 2.75) is 0 Å². The summed E-state index contributed by atoms with van der Waals surface area (Å²) < 4.78 is 26.4. The zero-order valence-corrected chi connectivity index (χ0v) is 9.55. The Balaban J connectivity index is 2.50. The highest BCUT2D eigenvalue weighted by molar-refractivity contribution is 6.08. The number of ketones is 1. The molecule has 17 heavy (non-hydrogen) atoms. The fourth-order valence-electron chi connectivity index (χ4n) is 1.74. The summed E-state index contributed by atoms with van der Waals surface area (Å²) in [7, 11) is 3.54. The first kappa shape index (κ1) is 11.7. The lowest BCUT2D eigenvalue weighted by molar-refractivity contribution is 0.0959. The van der Waals surface area contributed by atoms with Crippen molar-refractivity contribution in [2.75, 3.05) is 20.6 Å². The van der Waals surface area contributed by atoms with Gasteiger partial charge in [0.25, 0.3) is 0 Å². The van der Waals surface area contributed by atoms with Gasteiger partial charge in [0, 0.05) is 17.1 Å². The van der Waals surface area contributed by atoms with Gasteiger partial charge < -0.3 is 9.88 Å². The third-order valence-corrected chi connectivity index (χ3v) is 2.51. The maximum Gasteiger partial charge on any atom is 0.182 e. The zero-order chi connectivity index (χ0) is 12.6. The van der Waals surface area contributed by atoms with Gasteiger partial charge in [0.15, 0.2) is 17.4 Å². The largest absolute Gasteiger partial charge is 0.358 e. The van der Waals surface area contributed by atoms with Crippen molar-refractivity contribution < 1.29 is 13.6 Å². The van der Waals surface area contributed by atoms with E-state index in [1.54, 1.807) is 19.0 Å². The monoisotopic (exact) mass is 238 g/mol. The first-order valence-corrected chi connectivity index (χ1v) is 5.13. The fourth-order valence-corrected chi connectivity index (χ4v) is 1.74. The van der Waals surface area contributed by atoms with Gasteiger partial charge in [-0.05, 0) is 26.2 Å². The molecule has 0 aliphatic carbocycles. The molecule has 3 nitrogen and oxygen atoms in total. The van der Waals surface area contributed by atoms with Gasteiger partial charge in [0.1, 0.15) is 0 Å². The Morgan fingerprint density at radius 3 is 2.71 bits per heavy atom. The number of rotatable bonds is 3. The van der Waals surface area contributed by atoms with Crippen LogP contribution in [0.3, 0.4) is 0 Å². The van der Waals surface area contributed by atoms with Gasteiger partial charge in [0.05, 0.1) is 12.1 Å². The molecule has 90 valence electrons. The summed E-state index contributed by atoms with van der Waals surface area (Å²) in [5.74, 6) is -2.01. The SMILES string of the molecule is CN(C)CC(=O)c1c[nH]c2c(F)c(F)ccc12. The Hall–Kier alpha value is -1.75. The lowest BCUT2D eigenvalue weighted by Crippen LogP contribution is -2.21. The number of hydrogen-bond acceptors (Lipinski definition) is 2. The van der Waals surface area contributed by atoms with E-state index in [1.165, 1.54) is 12.3 Å². The van der Waals surface area contributed by atoms with Gasteiger partial charge in [-0.25, -0.2) is 8.78 Å². The van der Waals surface area contributed by atoms with Crippen LogP contribution >= 0.6 is 0 Å². The van der Waals surface area contributed by atoms with E-state index in [1.807, 2.05) is 0 Å². The summed E-state index contributed by atoms with van der Waals surface area (Å²) in [4.78, 5) is 16.2. The Labute approximate surface area is 97.0 Å². The molecular formula is C12H12F2N2O. The molecule has 0 atom stereocenters. The van der Waals surface area contributed by atoms with Crippen LogP contribution in [0.1, 0.15) is 10.4 Å². The molecule has 0 saturated carbocycles. The summed E-state index contributed by atoms with van der Waals surface area (Å²) in [5, 5.41) is 0.413. The summed E-state index contributed by atoms with van der Waals surface area (Å²) in [5.41, 5.74) is 0.416. The number of likely N-dealkylation sites (N-methyl/N-ethyl adjacent to an activating group) is 1. The smallest absolute Gasteiger partial charge is 0.182 e. The first-order valence-electron chi connectivity index (χ1n) is 5.13. The highest BCUT2D eigenvalue weighted by Crippen LogP contribution is 2.23. The Bertz CT molecular complexity index is 575. The van der Waals surface area contributed by atoms with E-state index < -0.39 is 11.6 Å². The van der Waals surface area contributed by atoms with Crippen LogP contribution in [0.25, 0.3) is 10.9 Å². The second kappa shape index (κ2) is 4.25. The van der Waals surface area contributed by atoms with Gasteiger partial charge >= 0.3 is 0 Å². The van der Waals surface area contributed by atoms with Crippen molar-refractivity contribution in [3.05, 3.63) is 35.5 Å². The molecule has 5 heteroatoms. The van der Waals surface area contributed by atoms with Crippen LogP contribution in [-0.2, 0) is 0 Å². The number of nitrogens with one attached hydrogen (secondary N) is 1. The Morgan fingerprint density at radius 1 is 1.35 bits per heavy atom. The molecular weight excluding hydrogens is 226 g/mol. The molecule has 0 unspecified atom stereocenters. The number of nitrogens with zero attached hydrogens (tertiary/aromatic N) is 1. The average Bonchev–Trinajstić information content (AvgIpc) is 2.67. The van der Waals surface area contributed by atoms with Gasteiger partial charge in [-0.1, -0.05) is 0 Å². The topological polar surface area (TPSA) is 36.1 Å². The second-order valence-electron chi connectivity index (χ2n) is 4.15. The lowest BCUT2D eigenvalue weighted by Gasteiger charge is -2.07. The van der Waals surface area contributed by atoms with E-state index in [4.69, 9.17) is 0 Å². The minimum absolute atomic E-state index is 0.0344. The van der Waals surface area contributed by atoms with Crippen molar-refractivity contribution in [1.29, 1.82) is 0 Å². The molecule has 0 aliphatic heterocycles. The maximum atomic E-state index is 13.4. The Kier molecular flexibility index (Phi) is 2.93. The molecule has 1 aromatic heterocycles. The minimum atomic E-state index is -0.952. The van der Waals surface area contributed by atoms with Crippen molar-refractivity contribution in [3.8, 4) is 0 Å². The molecule has 0 spiro atoms. The summed E-state index contributed by atoms with van der Waals surface area (Å²) >= 11 is 0. The standard InChI is InChI=1S/C12H12F2N2O/c1-16(2)6-10(17)8-5-15-12-7(8)3-4-9(13)11(12)14/h3-5,15H,6H2,1-2H3. The number of aromatic nitrogens is 1. The number of carbonyl (C=O) groups excluding carboxylic acids is 1. The van der Waals surface area contributed by atoms with E-state index >= 15 is 0 Å². The number of H-pyrrole nitrogens is 1. The van der Waals surface area contributed by atoms with Gasteiger partial charge in [-0.3, -0.25) is 4.79 Å². The summed E-state index contributed by atoms with van der Waals surface area (Å²) in [6.45, 7) is 0.228. The number of benzene rings is 1. The molecule has 1 heterocycles. The van der Waals surface area contributed by atoms with Crippen LogP contribution < -0.4 is 0 Å². The normalized spacial score (nSPS) is 11.4. The minimum Gasteiger partial charge on any atom is -0.358 e. The van der Waals surface area contributed by atoms with Crippen molar-refractivity contribution >= 4 is 16.7 Å². The van der Waals surface area contributed by atoms with E-state index in [2.05, 4.69) is 4.98 Å². The van der Waals surface area contributed by atoms with Crippen LogP contribution in [0.4, 0.5) is 8.78 Å². The molecule has 1 N–H and O–H groups in total. The van der Waals surface area contributed by atoms with Crippen LogP contribution in [0.2, 0.25) is 0 Å². The lowest BCUT2D eigenvalue weighted by atomic mass is 10.1. The molecule has 0 radical (unpaired) electrons.